The Hall–Kier alpha value is -3.34. The highest BCUT2D eigenvalue weighted by molar-refractivity contribution is 9.11. The molecule has 0 unspecified atom stereocenters. The molecule has 10 heteroatoms. The molecule has 0 bridgehead atoms. The number of ether oxygens (including phenoxy) is 1. The first-order chi connectivity index (χ1) is 17.2. The molecule has 3 aromatic carbocycles. The van der Waals surface area contributed by atoms with Gasteiger partial charge in [0.1, 0.15) is 11.3 Å². The van der Waals surface area contributed by atoms with Crippen molar-refractivity contribution in [2.45, 2.75) is 6.92 Å². The minimum absolute atomic E-state index is 0.00637. The summed E-state index contributed by atoms with van der Waals surface area (Å²) in [6, 6.07) is 19.6. The maximum Gasteiger partial charge on any atom is 0.270 e. The third kappa shape index (κ3) is 5.72. The summed E-state index contributed by atoms with van der Waals surface area (Å²) < 4.78 is 7.05. The normalized spacial score (nSPS) is 14.6. The third-order valence-electron chi connectivity index (χ3n) is 5.22. The monoisotopic (exact) mass is 627 g/mol. The van der Waals surface area contributed by atoms with E-state index in [4.69, 9.17) is 17.0 Å². The fraction of sp³-hybridized carbons (Fsp3) is 0.0769. The van der Waals surface area contributed by atoms with Crippen LogP contribution >= 0.6 is 44.1 Å². The van der Waals surface area contributed by atoms with Crippen molar-refractivity contribution in [3.63, 3.8) is 0 Å². The Kier molecular flexibility index (Phi) is 7.97. The number of aryl methyl sites for hydroxylation is 1. The van der Waals surface area contributed by atoms with Crippen LogP contribution in [0.4, 0.5) is 11.4 Å². The summed E-state index contributed by atoms with van der Waals surface area (Å²) in [5.41, 5.74) is 2.41. The van der Waals surface area contributed by atoms with Crippen molar-refractivity contribution in [2.75, 3.05) is 16.8 Å². The molecular weight excluding hydrogens is 610 g/mol. The fourth-order valence-corrected chi connectivity index (χ4v) is 5.16. The van der Waals surface area contributed by atoms with E-state index in [-0.39, 0.29) is 23.2 Å². The van der Waals surface area contributed by atoms with E-state index in [2.05, 4.69) is 42.5 Å². The van der Waals surface area contributed by atoms with Crippen LogP contribution in [0.15, 0.2) is 81.2 Å². The van der Waals surface area contributed by atoms with Crippen molar-refractivity contribution in [1.29, 1.82) is 0 Å². The fourth-order valence-electron chi connectivity index (χ4n) is 3.50. The van der Waals surface area contributed by atoms with E-state index >= 15 is 0 Å². The average Bonchev–Trinajstić information content (AvgIpc) is 2.83. The van der Waals surface area contributed by atoms with Crippen molar-refractivity contribution in [3.8, 4) is 5.75 Å². The Bertz CT molecular complexity index is 1410. The van der Waals surface area contributed by atoms with Crippen LogP contribution in [0, 0.1) is 6.92 Å². The number of nitrogens with one attached hydrogen (secondary N) is 2. The molecule has 1 aliphatic rings. The van der Waals surface area contributed by atoms with Gasteiger partial charge in [-0.05, 0) is 77.0 Å². The van der Waals surface area contributed by atoms with Crippen molar-refractivity contribution >= 4 is 84.4 Å². The summed E-state index contributed by atoms with van der Waals surface area (Å²) in [5, 5.41) is 5.37. The number of rotatable bonds is 6. The number of benzene rings is 3. The Morgan fingerprint density at radius 3 is 2.50 bits per heavy atom. The standard InChI is InChI=1S/C26H19Br2N3O4S/c1-15-7-5-6-10-21(15)29-22(32)14-35-23-16(11-17(27)13-20(23)28)12-19-24(33)30-26(36)31(25(19)34)18-8-3-2-4-9-18/h2-13H,14H2,1H3,(H,29,32)(H,30,33,36)/b19-12-. The molecule has 3 aromatic rings. The number of thiocarbonyl (C=S) groups is 1. The molecule has 1 fully saturated rings. The second-order valence-corrected chi connectivity index (χ2v) is 9.91. The molecule has 0 radical (unpaired) electrons. The molecule has 0 saturated carbocycles. The lowest BCUT2D eigenvalue weighted by atomic mass is 10.1. The molecule has 36 heavy (non-hydrogen) atoms. The zero-order valence-corrected chi connectivity index (χ0v) is 22.9. The molecule has 2 N–H and O–H groups in total. The lowest BCUT2D eigenvalue weighted by Gasteiger charge is -2.29. The molecule has 7 nitrogen and oxygen atoms in total. The van der Waals surface area contributed by atoms with Gasteiger partial charge in [0.15, 0.2) is 11.7 Å². The number of amides is 3. The zero-order chi connectivity index (χ0) is 25.8. The Balaban J connectivity index is 1.62. The van der Waals surface area contributed by atoms with Crippen LogP contribution in [0.3, 0.4) is 0 Å². The first kappa shape index (κ1) is 25.7. The zero-order valence-electron chi connectivity index (χ0n) is 18.9. The van der Waals surface area contributed by atoms with E-state index in [1.807, 2.05) is 31.2 Å². The van der Waals surface area contributed by atoms with E-state index in [9.17, 15) is 14.4 Å². The van der Waals surface area contributed by atoms with Gasteiger partial charge in [0.25, 0.3) is 17.7 Å². The molecular formula is C26H19Br2N3O4S. The summed E-state index contributed by atoms with van der Waals surface area (Å²) in [5.74, 6) is -1.26. The minimum Gasteiger partial charge on any atom is -0.482 e. The Morgan fingerprint density at radius 1 is 1.08 bits per heavy atom. The van der Waals surface area contributed by atoms with Crippen LogP contribution in [-0.2, 0) is 14.4 Å². The van der Waals surface area contributed by atoms with Gasteiger partial charge in [-0.15, -0.1) is 0 Å². The lowest BCUT2D eigenvalue weighted by Crippen LogP contribution is -2.54. The van der Waals surface area contributed by atoms with Crippen molar-refractivity contribution < 1.29 is 19.1 Å². The van der Waals surface area contributed by atoms with E-state index in [1.54, 1.807) is 42.5 Å². The number of nitrogens with zero attached hydrogens (tertiary/aromatic N) is 1. The number of hydrogen-bond donors (Lipinski definition) is 2. The summed E-state index contributed by atoms with van der Waals surface area (Å²) in [6.45, 7) is 1.60. The van der Waals surface area contributed by atoms with Crippen LogP contribution < -0.4 is 20.3 Å². The maximum absolute atomic E-state index is 13.3. The van der Waals surface area contributed by atoms with Gasteiger partial charge >= 0.3 is 0 Å². The number of anilines is 2. The smallest absolute Gasteiger partial charge is 0.270 e. The minimum atomic E-state index is -0.628. The van der Waals surface area contributed by atoms with Crippen LogP contribution in [0.25, 0.3) is 6.08 Å². The van der Waals surface area contributed by atoms with E-state index < -0.39 is 11.8 Å². The maximum atomic E-state index is 13.3. The number of carbonyl (C=O) groups is 3. The van der Waals surface area contributed by atoms with E-state index in [0.29, 0.717) is 31.6 Å². The molecule has 1 saturated heterocycles. The first-order valence-corrected chi connectivity index (χ1v) is 12.7. The van der Waals surface area contributed by atoms with Gasteiger partial charge in [-0.1, -0.05) is 52.3 Å². The SMILES string of the molecule is Cc1ccccc1NC(=O)COc1c(Br)cc(Br)cc1/C=C1/C(=O)NC(=S)N(c2ccccc2)C1=O. The number of halogens is 2. The van der Waals surface area contributed by atoms with Crippen molar-refractivity contribution in [3.05, 3.63) is 92.4 Å². The van der Waals surface area contributed by atoms with Gasteiger partial charge in [-0.2, -0.15) is 0 Å². The van der Waals surface area contributed by atoms with Crippen LogP contribution in [0.1, 0.15) is 11.1 Å². The van der Waals surface area contributed by atoms with E-state index in [1.165, 1.54) is 11.0 Å². The second-order valence-electron chi connectivity index (χ2n) is 7.75. The number of carbonyl (C=O) groups excluding carboxylic acids is 3. The number of hydrogen-bond acceptors (Lipinski definition) is 5. The Labute approximate surface area is 229 Å². The summed E-state index contributed by atoms with van der Waals surface area (Å²) in [7, 11) is 0. The molecule has 1 heterocycles. The molecule has 0 aliphatic carbocycles. The third-order valence-corrected chi connectivity index (χ3v) is 6.55. The highest BCUT2D eigenvalue weighted by Crippen LogP contribution is 2.35. The second kappa shape index (κ2) is 11.2. The van der Waals surface area contributed by atoms with Gasteiger partial charge in [-0.3, -0.25) is 24.6 Å². The van der Waals surface area contributed by atoms with Crippen LogP contribution in [0.5, 0.6) is 5.75 Å². The van der Waals surface area contributed by atoms with Gasteiger partial charge in [-0.25, -0.2) is 0 Å². The predicted molar refractivity (Wildman–Crippen MR) is 150 cm³/mol. The topological polar surface area (TPSA) is 87.7 Å². The predicted octanol–water partition coefficient (Wildman–Crippen LogP) is 5.37. The molecule has 0 spiro atoms. The quantitative estimate of drug-likeness (QED) is 0.218. The van der Waals surface area contributed by atoms with Gasteiger partial charge in [0, 0.05) is 15.7 Å². The first-order valence-electron chi connectivity index (χ1n) is 10.7. The van der Waals surface area contributed by atoms with Gasteiger partial charge in [0.2, 0.25) is 0 Å². The van der Waals surface area contributed by atoms with Gasteiger partial charge in [0.05, 0.1) is 10.2 Å². The summed E-state index contributed by atoms with van der Waals surface area (Å²) in [6.07, 6.45) is 1.42. The summed E-state index contributed by atoms with van der Waals surface area (Å²) in [4.78, 5) is 39.8. The summed E-state index contributed by atoms with van der Waals surface area (Å²) >= 11 is 12.1. The van der Waals surface area contributed by atoms with E-state index in [0.717, 1.165) is 5.56 Å². The highest BCUT2D eigenvalue weighted by atomic mass is 79.9. The van der Waals surface area contributed by atoms with Crippen molar-refractivity contribution in [2.24, 2.45) is 0 Å². The molecule has 4 rings (SSSR count). The number of para-hydroxylation sites is 2. The van der Waals surface area contributed by atoms with Crippen molar-refractivity contribution in [1.82, 2.24) is 5.32 Å². The van der Waals surface area contributed by atoms with Crippen LogP contribution in [0.2, 0.25) is 0 Å². The van der Waals surface area contributed by atoms with Crippen LogP contribution in [-0.4, -0.2) is 29.4 Å². The average molecular weight is 629 g/mol. The van der Waals surface area contributed by atoms with Gasteiger partial charge < -0.3 is 10.1 Å². The highest BCUT2D eigenvalue weighted by Gasteiger charge is 2.34. The molecule has 182 valence electrons. The largest absolute Gasteiger partial charge is 0.482 e. The Morgan fingerprint density at radius 2 is 1.78 bits per heavy atom. The molecule has 0 atom stereocenters. The molecule has 0 aromatic heterocycles. The molecule has 3 amide bonds. The lowest BCUT2D eigenvalue weighted by molar-refractivity contribution is -0.122. The molecule has 1 aliphatic heterocycles.